The Kier molecular flexibility index (Phi) is 5.13. The van der Waals surface area contributed by atoms with E-state index in [1.807, 2.05) is 0 Å². The first kappa shape index (κ1) is 17.8. The van der Waals surface area contributed by atoms with Crippen LogP contribution in [0.2, 0.25) is 0 Å². The average Bonchev–Trinajstić information content (AvgIpc) is 2.64. The van der Waals surface area contributed by atoms with Gasteiger partial charge in [0.1, 0.15) is 11.6 Å². The van der Waals surface area contributed by atoms with Crippen LogP contribution in [-0.2, 0) is 9.53 Å². The molecule has 0 saturated carbocycles. The first-order valence-corrected chi connectivity index (χ1v) is 7.80. The summed E-state index contributed by atoms with van der Waals surface area (Å²) < 4.78 is 36.9. The summed E-state index contributed by atoms with van der Waals surface area (Å²) in [4.78, 5) is 24.9. The van der Waals surface area contributed by atoms with Crippen molar-refractivity contribution in [2.75, 3.05) is 19.7 Å². The van der Waals surface area contributed by atoms with Gasteiger partial charge in [0.05, 0.1) is 13.2 Å². The summed E-state index contributed by atoms with van der Waals surface area (Å²) in [7, 11) is 0. The fraction of sp³-hybridized carbons (Fsp3) is 0.222. The van der Waals surface area contributed by atoms with Crippen LogP contribution in [0.25, 0.3) is 0 Å². The quantitative estimate of drug-likeness (QED) is 0.904. The molecule has 2 aromatic rings. The third kappa shape index (κ3) is 3.97. The molecule has 0 radical (unpaired) electrons. The van der Waals surface area contributed by atoms with Crippen molar-refractivity contribution in [3.8, 4) is 11.5 Å². The maximum atomic E-state index is 13.6. The average molecular weight is 363 g/mol. The highest BCUT2D eigenvalue weighted by Crippen LogP contribution is 2.25. The molecule has 1 heterocycles. The Labute approximate surface area is 147 Å². The molecule has 0 bridgehead atoms. The maximum Gasteiger partial charge on any atom is 0.334 e. The first-order valence-electron chi connectivity index (χ1n) is 7.80. The third-order valence-electron chi connectivity index (χ3n) is 3.85. The normalized spacial score (nSPS) is 17.0. The summed E-state index contributed by atoms with van der Waals surface area (Å²) in [6, 6.07) is 8.90. The zero-order valence-electron chi connectivity index (χ0n) is 13.5. The van der Waals surface area contributed by atoms with Crippen LogP contribution in [-0.4, -0.2) is 47.7 Å². The molecule has 1 aliphatic heterocycles. The van der Waals surface area contributed by atoms with E-state index in [-0.39, 0.29) is 30.6 Å². The number of carbonyl (C=O) groups excluding carboxylic acids is 1. The van der Waals surface area contributed by atoms with Crippen molar-refractivity contribution in [1.29, 1.82) is 0 Å². The van der Waals surface area contributed by atoms with E-state index in [0.29, 0.717) is 18.2 Å². The van der Waals surface area contributed by atoms with Crippen molar-refractivity contribution < 1.29 is 33.0 Å². The van der Waals surface area contributed by atoms with Crippen molar-refractivity contribution in [2.24, 2.45) is 0 Å². The largest absolute Gasteiger partial charge is 0.479 e. The van der Waals surface area contributed by atoms with E-state index in [1.165, 1.54) is 35.2 Å². The highest BCUT2D eigenvalue weighted by Gasteiger charge is 2.29. The molecule has 1 N–H and O–H groups in total. The summed E-state index contributed by atoms with van der Waals surface area (Å²) in [5, 5.41) is 8.99. The minimum atomic E-state index is -1.12. The molecule has 1 saturated heterocycles. The second-order valence-corrected chi connectivity index (χ2v) is 5.65. The molecular formula is C18H15F2NO5. The van der Waals surface area contributed by atoms with E-state index in [9.17, 15) is 18.4 Å². The zero-order chi connectivity index (χ0) is 18.7. The van der Waals surface area contributed by atoms with Crippen LogP contribution < -0.4 is 4.74 Å². The molecule has 1 unspecified atom stereocenters. The number of hydrogen-bond acceptors (Lipinski definition) is 4. The maximum absolute atomic E-state index is 13.6. The summed E-state index contributed by atoms with van der Waals surface area (Å²) in [5.41, 5.74) is 0.336. The van der Waals surface area contributed by atoms with Crippen molar-refractivity contribution in [1.82, 2.24) is 4.90 Å². The van der Waals surface area contributed by atoms with Crippen molar-refractivity contribution in [2.45, 2.75) is 6.10 Å². The van der Waals surface area contributed by atoms with Crippen molar-refractivity contribution in [3.05, 3.63) is 59.7 Å². The topological polar surface area (TPSA) is 76.1 Å². The van der Waals surface area contributed by atoms with Crippen LogP contribution in [0.15, 0.2) is 42.5 Å². The Morgan fingerprint density at radius 1 is 1.15 bits per heavy atom. The predicted octanol–water partition coefficient (Wildman–Crippen LogP) is 2.68. The second-order valence-electron chi connectivity index (χ2n) is 5.65. The van der Waals surface area contributed by atoms with Gasteiger partial charge in [-0.1, -0.05) is 0 Å². The number of halogens is 2. The molecule has 0 aliphatic carbocycles. The number of nitrogens with zero attached hydrogens (tertiary/aromatic N) is 1. The van der Waals surface area contributed by atoms with Crippen LogP contribution in [0.5, 0.6) is 11.5 Å². The lowest BCUT2D eigenvalue weighted by Gasteiger charge is -2.30. The van der Waals surface area contributed by atoms with E-state index in [4.69, 9.17) is 14.6 Å². The number of carboxylic acid groups (broad SMARTS) is 1. The molecule has 8 heteroatoms. The van der Waals surface area contributed by atoms with Gasteiger partial charge in [-0.2, -0.15) is 0 Å². The number of ether oxygens (including phenoxy) is 2. The van der Waals surface area contributed by atoms with E-state index in [0.717, 1.165) is 6.07 Å². The standard InChI is InChI=1S/C18H15F2NO5/c19-12-3-6-15(14(20)9-12)26-13-4-1-11(2-5-13)17(22)21-7-8-25-16(10-21)18(23)24/h1-6,9,16H,7-8,10H2,(H,23,24). The van der Waals surface area contributed by atoms with Crippen LogP contribution >= 0.6 is 0 Å². The minimum Gasteiger partial charge on any atom is -0.479 e. The van der Waals surface area contributed by atoms with Crippen LogP contribution in [0.1, 0.15) is 10.4 Å². The van der Waals surface area contributed by atoms with Crippen LogP contribution in [0.3, 0.4) is 0 Å². The lowest BCUT2D eigenvalue weighted by molar-refractivity contribution is -0.154. The smallest absolute Gasteiger partial charge is 0.334 e. The molecule has 1 amide bonds. The molecule has 1 fully saturated rings. The molecule has 2 aromatic carbocycles. The van der Waals surface area contributed by atoms with Gasteiger partial charge < -0.3 is 19.5 Å². The molecule has 136 valence electrons. The van der Waals surface area contributed by atoms with Crippen molar-refractivity contribution >= 4 is 11.9 Å². The van der Waals surface area contributed by atoms with Gasteiger partial charge >= 0.3 is 5.97 Å². The Hall–Kier alpha value is -3.00. The number of amides is 1. The van der Waals surface area contributed by atoms with E-state index < -0.39 is 23.7 Å². The van der Waals surface area contributed by atoms with Crippen LogP contribution in [0, 0.1) is 11.6 Å². The molecule has 3 rings (SSSR count). The van der Waals surface area contributed by atoms with Crippen LogP contribution in [0.4, 0.5) is 8.78 Å². The third-order valence-corrected chi connectivity index (χ3v) is 3.85. The minimum absolute atomic E-state index is 0.0345. The van der Waals surface area contributed by atoms with E-state index in [1.54, 1.807) is 0 Å². The van der Waals surface area contributed by atoms with Crippen molar-refractivity contribution in [3.63, 3.8) is 0 Å². The molecule has 0 spiro atoms. The number of aliphatic carboxylic acids is 1. The van der Waals surface area contributed by atoms with Gasteiger partial charge in [0.15, 0.2) is 17.7 Å². The monoisotopic (exact) mass is 363 g/mol. The molecule has 6 nitrogen and oxygen atoms in total. The molecular weight excluding hydrogens is 348 g/mol. The number of benzene rings is 2. The van der Waals surface area contributed by atoms with Gasteiger partial charge in [-0.15, -0.1) is 0 Å². The summed E-state index contributed by atoms with van der Waals surface area (Å²) in [5.74, 6) is -2.86. The number of morpholine rings is 1. The zero-order valence-corrected chi connectivity index (χ0v) is 13.5. The molecule has 1 atom stereocenters. The molecule has 0 aromatic heterocycles. The summed E-state index contributed by atoms with van der Waals surface area (Å²) in [6.07, 6.45) is -1.04. The second kappa shape index (κ2) is 7.49. The van der Waals surface area contributed by atoms with Gasteiger partial charge in [0, 0.05) is 18.2 Å². The molecule has 26 heavy (non-hydrogen) atoms. The highest BCUT2D eigenvalue weighted by atomic mass is 19.1. The van der Waals surface area contributed by atoms with Gasteiger partial charge in [-0.25, -0.2) is 13.6 Å². The fourth-order valence-electron chi connectivity index (χ4n) is 2.52. The Balaban J connectivity index is 1.69. The fourth-order valence-corrected chi connectivity index (χ4v) is 2.52. The highest BCUT2D eigenvalue weighted by molar-refractivity contribution is 5.94. The number of hydrogen-bond donors (Lipinski definition) is 1. The predicted molar refractivity (Wildman–Crippen MR) is 86.2 cm³/mol. The Morgan fingerprint density at radius 3 is 2.54 bits per heavy atom. The van der Waals surface area contributed by atoms with Gasteiger partial charge in [-0.3, -0.25) is 4.79 Å². The lowest BCUT2D eigenvalue weighted by Crippen LogP contribution is -2.48. The summed E-state index contributed by atoms with van der Waals surface area (Å²) >= 11 is 0. The SMILES string of the molecule is O=C(O)C1CN(C(=O)c2ccc(Oc3ccc(F)cc3F)cc2)CCO1. The van der Waals surface area contributed by atoms with Gasteiger partial charge in [-0.05, 0) is 36.4 Å². The Morgan fingerprint density at radius 2 is 1.88 bits per heavy atom. The van der Waals surface area contributed by atoms with Gasteiger partial charge in [0.2, 0.25) is 0 Å². The molecule has 1 aliphatic rings. The number of carbonyl (C=O) groups is 2. The van der Waals surface area contributed by atoms with E-state index >= 15 is 0 Å². The Bertz CT molecular complexity index is 825. The summed E-state index contributed by atoms with van der Waals surface area (Å²) in [6.45, 7) is 0.405. The number of rotatable bonds is 4. The first-order chi connectivity index (χ1) is 12.4. The van der Waals surface area contributed by atoms with E-state index in [2.05, 4.69) is 0 Å². The number of carboxylic acids is 1. The van der Waals surface area contributed by atoms with Gasteiger partial charge in [0.25, 0.3) is 5.91 Å². The lowest BCUT2D eigenvalue weighted by atomic mass is 10.1.